The maximum absolute atomic E-state index is 13.7. The zero-order valence-corrected chi connectivity index (χ0v) is 15.4. The molecule has 25 heavy (non-hydrogen) atoms. The van der Waals surface area contributed by atoms with Crippen LogP contribution < -0.4 is 0 Å². The summed E-state index contributed by atoms with van der Waals surface area (Å²) in [5.41, 5.74) is 1.64. The van der Waals surface area contributed by atoms with Crippen molar-refractivity contribution in [1.29, 1.82) is 5.26 Å². The monoisotopic (exact) mass is 390 g/mol. The summed E-state index contributed by atoms with van der Waals surface area (Å²) < 4.78 is 32.4. The number of nitrogens with zero attached hydrogens (tertiary/aromatic N) is 2. The Morgan fingerprint density at radius 3 is 2.04 bits per heavy atom. The van der Waals surface area contributed by atoms with Crippen molar-refractivity contribution >= 4 is 35.1 Å². The van der Waals surface area contributed by atoms with Crippen molar-refractivity contribution in [1.82, 2.24) is 4.37 Å². The van der Waals surface area contributed by atoms with Crippen molar-refractivity contribution in [3.8, 4) is 6.07 Å². The normalized spacial score (nSPS) is 10.6. The summed E-state index contributed by atoms with van der Waals surface area (Å²) in [7, 11) is 0. The van der Waals surface area contributed by atoms with Gasteiger partial charge in [-0.1, -0.05) is 48.2 Å². The molecule has 0 unspecified atom stereocenters. The van der Waals surface area contributed by atoms with E-state index in [0.29, 0.717) is 33.2 Å². The first-order chi connectivity index (χ1) is 12.2. The third kappa shape index (κ3) is 4.40. The van der Waals surface area contributed by atoms with Gasteiger partial charge in [-0.25, -0.2) is 8.78 Å². The predicted molar refractivity (Wildman–Crippen MR) is 98.8 cm³/mol. The van der Waals surface area contributed by atoms with E-state index in [4.69, 9.17) is 0 Å². The molecular weight excluding hydrogens is 378 g/mol. The van der Waals surface area contributed by atoms with Gasteiger partial charge in [0.25, 0.3) is 0 Å². The SMILES string of the molecule is N#Cc1c(SCc2ccccc2F)nsc1SCc1ccccc1F. The summed E-state index contributed by atoms with van der Waals surface area (Å²) in [6.45, 7) is 0. The second kappa shape index (κ2) is 8.48. The van der Waals surface area contributed by atoms with Crippen LogP contribution in [0.25, 0.3) is 0 Å². The highest BCUT2D eigenvalue weighted by molar-refractivity contribution is 8.00. The van der Waals surface area contributed by atoms with Gasteiger partial charge in [-0.3, -0.25) is 0 Å². The molecule has 0 bridgehead atoms. The zero-order valence-electron chi connectivity index (χ0n) is 12.9. The second-order valence-electron chi connectivity index (χ2n) is 5.02. The number of rotatable bonds is 6. The number of halogens is 2. The van der Waals surface area contributed by atoms with Crippen LogP contribution in [0.4, 0.5) is 8.78 Å². The minimum atomic E-state index is -0.266. The highest BCUT2D eigenvalue weighted by Crippen LogP contribution is 2.37. The van der Waals surface area contributed by atoms with E-state index in [2.05, 4.69) is 10.4 Å². The molecule has 0 fully saturated rings. The number of aromatic nitrogens is 1. The molecule has 0 spiro atoms. The molecule has 3 rings (SSSR count). The standard InChI is InChI=1S/C18H12F2N2S3/c19-15-7-3-1-5-12(15)10-23-17-14(9-21)18(25-22-17)24-11-13-6-2-4-8-16(13)20/h1-8H,10-11H2. The second-order valence-corrected chi connectivity index (χ2v) is 8.00. The van der Waals surface area contributed by atoms with Gasteiger partial charge in [-0.05, 0) is 34.8 Å². The summed E-state index contributed by atoms with van der Waals surface area (Å²) in [6, 6.07) is 15.3. The Hall–Kier alpha value is -1.88. The lowest BCUT2D eigenvalue weighted by molar-refractivity contribution is 0.617. The predicted octanol–water partition coefficient (Wildman–Crippen LogP) is 5.88. The van der Waals surface area contributed by atoms with Crippen molar-refractivity contribution in [2.75, 3.05) is 0 Å². The quantitative estimate of drug-likeness (QED) is 0.493. The van der Waals surface area contributed by atoms with Crippen molar-refractivity contribution in [2.45, 2.75) is 20.7 Å². The van der Waals surface area contributed by atoms with Crippen molar-refractivity contribution in [3.63, 3.8) is 0 Å². The van der Waals surface area contributed by atoms with Crippen LogP contribution in [0.5, 0.6) is 0 Å². The zero-order chi connectivity index (χ0) is 17.6. The van der Waals surface area contributed by atoms with Gasteiger partial charge in [0, 0.05) is 11.5 Å². The van der Waals surface area contributed by atoms with Crippen molar-refractivity contribution < 1.29 is 8.78 Å². The lowest BCUT2D eigenvalue weighted by atomic mass is 10.2. The molecule has 0 amide bonds. The minimum Gasteiger partial charge on any atom is -0.207 e. The first-order valence-corrected chi connectivity index (χ1v) is 10.1. The molecular formula is C18H12F2N2S3. The fraction of sp³-hybridized carbons (Fsp3) is 0.111. The molecule has 0 radical (unpaired) electrons. The van der Waals surface area contributed by atoms with E-state index in [-0.39, 0.29) is 11.6 Å². The molecule has 0 atom stereocenters. The van der Waals surface area contributed by atoms with Crippen molar-refractivity contribution in [2.24, 2.45) is 0 Å². The molecule has 0 aliphatic carbocycles. The molecule has 0 aliphatic heterocycles. The molecule has 0 saturated heterocycles. The molecule has 1 heterocycles. The largest absolute Gasteiger partial charge is 0.207 e. The number of thioether (sulfide) groups is 2. The van der Waals surface area contributed by atoms with Crippen LogP contribution in [0, 0.1) is 23.0 Å². The maximum Gasteiger partial charge on any atom is 0.129 e. The van der Waals surface area contributed by atoms with Gasteiger partial charge in [-0.2, -0.15) is 9.64 Å². The first kappa shape index (κ1) is 17.9. The summed E-state index contributed by atoms with van der Waals surface area (Å²) >= 11 is 3.94. The smallest absolute Gasteiger partial charge is 0.129 e. The van der Waals surface area contributed by atoms with Gasteiger partial charge >= 0.3 is 0 Å². The molecule has 126 valence electrons. The van der Waals surface area contributed by atoms with E-state index in [0.717, 1.165) is 4.21 Å². The van der Waals surface area contributed by atoms with Crippen LogP contribution in [-0.2, 0) is 11.5 Å². The van der Waals surface area contributed by atoms with Crippen LogP contribution in [0.15, 0.2) is 57.8 Å². The third-order valence-corrected chi connectivity index (χ3v) is 6.66. The average molecular weight is 391 g/mol. The Labute approximate surface area is 157 Å². The van der Waals surface area contributed by atoms with E-state index in [9.17, 15) is 14.0 Å². The van der Waals surface area contributed by atoms with Crippen molar-refractivity contribution in [3.05, 3.63) is 76.9 Å². The van der Waals surface area contributed by atoms with Gasteiger partial charge in [0.15, 0.2) is 0 Å². The number of nitriles is 1. The Morgan fingerprint density at radius 1 is 0.920 bits per heavy atom. The maximum atomic E-state index is 13.7. The molecule has 3 aromatic rings. The van der Waals surface area contributed by atoms with E-state index in [1.807, 2.05) is 0 Å². The Morgan fingerprint density at radius 2 is 1.48 bits per heavy atom. The van der Waals surface area contributed by atoms with Gasteiger partial charge in [0.05, 0.1) is 4.21 Å². The Balaban J connectivity index is 1.70. The Kier molecular flexibility index (Phi) is 6.08. The molecule has 0 N–H and O–H groups in total. The van der Waals surface area contributed by atoms with Crippen LogP contribution in [-0.4, -0.2) is 4.37 Å². The van der Waals surface area contributed by atoms with Crippen LogP contribution in [0.2, 0.25) is 0 Å². The lowest BCUT2D eigenvalue weighted by Gasteiger charge is -2.02. The highest BCUT2D eigenvalue weighted by Gasteiger charge is 2.16. The van der Waals surface area contributed by atoms with E-state index in [1.165, 1.54) is 47.2 Å². The molecule has 2 aromatic carbocycles. The minimum absolute atomic E-state index is 0.257. The van der Waals surface area contributed by atoms with Gasteiger partial charge in [0.2, 0.25) is 0 Å². The highest BCUT2D eigenvalue weighted by atomic mass is 32.2. The fourth-order valence-electron chi connectivity index (χ4n) is 2.07. The van der Waals surface area contributed by atoms with E-state index >= 15 is 0 Å². The van der Waals surface area contributed by atoms with Crippen LogP contribution in [0.3, 0.4) is 0 Å². The third-order valence-electron chi connectivity index (χ3n) is 3.38. The summed E-state index contributed by atoms with van der Waals surface area (Å²) in [5.74, 6) is 0.314. The van der Waals surface area contributed by atoms with Gasteiger partial charge in [-0.15, -0.1) is 11.8 Å². The van der Waals surface area contributed by atoms with Gasteiger partial charge < -0.3 is 0 Å². The molecule has 7 heteroatoms. The molecule has 0 saturated carbocycles. The Bertz CT molecular complexity index is 852. The summed E-state index contributed by atoms with van der Waals surface area (Å²) in [4.78, 5) is 0. The molecule has 1 aromatic heterocycles. The number of hydrogen-bond donors (Lipinski definition) is 0. The lowest BCUT2D eigenvalue weighted by Crippen LogP contribution is -1.88. The molecule has 0 aliphatic rings. The fourth-order valence-corrected chi connectivity index (χ4v) is 5.14. The van der Waals surface area contributed by atoms with Crippen LogP contribution in [0.1, 0.15) is 16.7 Å². The summed E-state index contributed by atoms with van der Waals surface area (Å²) in [6.07, 6.45) is 0. The number of benzene rings is 2. The molecule has 2 nitrogen and oxygen atoms in total. The van der Waals surface area contributed by atoms with Crippen LogP contribution >= 0.6 is 35.1 Å². The topological polar surface area (TPSA) is 36.7 Å². The number of hydrogen-bond acceptors (Lipinski definition) is 5. The first-order valence-electron chi connectivity index (χ1n) is 7.31. The van der Waals surface area contributed by atoms with E-state index < -0.39 is 0 Å². The summed E-state index contributed by atoms with van der Waals surface area (Å²) in [5, 5.41) is 10.0. The average Bonchev–Trinajstić information content (AvgIpc) is 3.02. The van der Waals surface area contributed by atoms with Gasteiger partial charge in [0.1, 0.15) is 28.3 Å². The van der Waals surface area contributed by atoms with E-state index in [1.54, 1.807) is 36.4 Å².